The molecule has 104 valence electrons. The van der Waals surface area contributed by atoms with E-state index in [0.29, 0.717) is 17.7 Å². The number of hydrogen-bond donors (Lipinski definition) is 1. The number of aromatic amines is 1. The first-order valence-corrected chi connectivity index (χ1v) is 7.47. The molecule has 0 spiro atoms. The number of amides is 1. The Bertz CT molecular complexity index is 456. The molecule has 0 saturated heterocycles. The molecule has 1 amide bonds. The van der Waals surface area contributed by atoms with Gasteiger partial charge in [-0.25, -0.2) is 0 Å². The predicted octanol–water partition coefficient (Wildman–Crippen LogP) is 2.94. The first kappa shape index (κ1) is 12.7. The van der Waals surface area contributed by atoms with Crippen LogP contribution in [0.25, 0.3) is 0 Å². The summed E-state index contributed by atoms with van der Waals surface area (Å²) < 4.78 is 0. The molecule has 0 aromatic carbocycles. The van der Waals surface area contributed by atoms with Gasteiger partial charge in [0, 0.05) is 24.7 Å². The third-order valence-corrected chi connectivity index (χ3v) is 4.69. The van der Waals surface area contributed by atoms with E-state index in [1.165, 1.54) is 25.7 Å². The van der Waals surface area contributed by atoms with Gasteiger partial charge in [-0.2, -0.15) is 5.10 Å². The Morgan fingerprint density at radius 3 is 2.58 bits per heavy atom. The quantitative estimate of drug-likeness (QED) is 0.909. The van der Waals surface area contributed by atoms with Gasteiger partial charge in [0.25, 0.3) is 5.91 Å². The number of aromatic nitrogens is 2. The Morgan fingerprint density at radius 1 is 1.26 bits per heavy atom. The van der Waals surface area contributed by atoms with Gasteiger partial charge in [-0.15, -0.1) is 0 Å². The Balaban J connectivity index is 1.64. The van der Waals surface area contributed by atoms with E-state index in [9.17, 15) is 4.79 Å². The Hall–Kier alpha value is -1.32. The lowest BCUT2D eigenvalue weighted by atomic mass is 9.86. The van der Waals surface area contributed by atoms with E-state index in [0.717, 1.165) is 24.5 Å². The van der Waals surface area contributed by atoms with E-state index in [1.807, 2.05) is 18.0 Å². The van der Waals surface area contributed by atoms with Crippen molar-refractivity contribution >= 4 is 5.91 Å². The summed E-state index contributed by atoms with van der Waals surface area (Å²) in [6, 6.07) is 2.34. The molecule has 2 saturated carbocycles. The maximum Gasteiger partial charge on any atom is 0.274 e. The topological polar surface area (TPSA) is 49.0 Å². The molecule has 1 aromatic heterocycles. The maximum absolute atomic E-state index is 12.4. The zero-order valence-corrected chi connectivity index (χ0v) is 11.9. The minimum absolute atomic E-state index is 0.0719. The van der Waals surface area contributed by atoms with Gasteiger partial charge in [-0.1, -0.05) is 6.92 Å². The minimum Gasteiger partial charge on any atom is -0.337 e. The number of nitrogens with one attached hydrogen (secondary N) is 1. The molecule has 2 aliphatic rings. The zero-order chi connectivity index (χ0) is 13.4. The van der Waals surface area contributed by atoms with Crippen LogP contribution >= 0.6 is 0 Å². The van der Waals surface area contributed by atoms with E-state index in [-0.39, 0.29) is 5.91 Å². The van der Waals surface area contributed by atoms with Gasteiger partial charge < -0.3 is 4.90 Å². The Labute approximate surface area is 114 Å². The maximum atomic E-state index is 12.4. The van der Waals surface area contributed by atoms with Gasteiger partial charge >= 0.3 is 0 Å². The molecule has 0 atom stereocenters. The van der Waals surface area contributed by atoms with Crippen LogP contribution in [0.2, 0.25) is 0 Å². The second-order valence-corrected chi connectivity index (χ2v) is 6.31. The molecule has 1 heterocycles. The van der Waals surface area contributed by atoms with E-state index in [4.69, 9.17) is 0 Å². The number of rotatable bonds is 3. The summed E-state index contributed by atoms with van der Waals surface area (Å²) in [5.41, 5.74) is 1.72. The van der Waals surface area contributed by atoms with Crippen LogP contribution in [0.5, 0.6) is 0 Å². The molecular weight excluding hydrogens is 238 g/mol. The standard InChI is InChI=1S/C15H23N3O/c1-10-3-7-12(8-4-10)18(2)15(19)14-9-13(16-17-14)11-5-6-11/h9-12H,3-8H2,1-2H3,(H,16,17). The fraction of sp³-hybridized carbons (Fsp3) is 0.733. The fourth-order valence-corrected chi connectivity index (χ4v) is 3.03. The third-order valence-electron chi connectivity index (χ3n) is 4.69. The first-order valence-electron chi connectivity index (χ1n) is 7.47. The average molecular weight is 261 g/mol. The molecule has 2 fully saturated rings. The van der Waals surface area contributed by atoms with Gasteiger partial charge in [-0.3, -0.25) is 9.89 Å². The largest absolute Gasteiger partial charge is 0.337 e. The summed E-state index contributed by atoms with van der Waals surface area (Å²) >= 11 is 0. The van der Waals surface area contributed by atoms with Crippen LogP contribution in [-0.4, -0.2) is 34.1 Å². The second-order valence-electron chi connectivity index (χ2n) is 6.31. The van der Waals surface area contributed by atoms with Crippen molar-refractivity contribution in [2.45, 2.75) is 57.4 Å². The summed E-state index contributed by atoms with van der Waals surface area (Å²) in [5, 5.41) is 7.21. The van der Waals surface area contributed by atoms with Crippen molar-refractivity contribution in [2.75, 3.05) is 7.05 Å². The lowest BCUT2D eigenvalue weighted by Crippen LogP contribution is -2.39. The molecule has 0 bridgehead atoms. The van der Waals surface area contributed by atoms with E-state index in [1.54, 1.807) is 0 Å². The molecule has 1 aromatic rings. The molecule has 4 nitrogen and oxygen atoms in total. The molecule has 0 unspecified atom stereocenters. The minimum atomic E-state index is 0.0719. The lowest BCUT2D eigenvalue weighted by Gasteiger charge is -2.33. The fourth-order valence-electron chi connectivity index (χ4n) is 3.03. The van der Waals surface area contributed by atoms with Crippen molar-refractivity contribution in [3.8, 4) is 0 Å². The van der Waals surface area contributed by atoms with Crippen LogP contribution in [0.4, 0.5) is 0 Å². The highest BCUT2D eigenvalue weighted by Crippen LogP contribution is 2.39. The summed E-state index contributed by atoms with van der Waals surface area (Å²) in [4.78, 5) is 14.3. The molecule has 4 heteroatoms. The van der Waals surface area contributed by atoms with Gasteiger partial charge in [-0.05, 0) is 50.5 Å². The van der Waals surface area contributed by atoms with Crippen LogP contribution in [0.15, 0.2) is 6.07 Å². The van der Waals surface area contributed by atoms with Crippen LogP contribution in [0, 0.1) is 5.92 Å². The molecule has 0 aliphatic heterocycles. The van der Waals surface area contributed by atoms with Crippen molar-refractivity contribution in [1.82, 2.24) is 15.1 Å². The van der Waals surface area contributed by atoms with Gasteiger partial charge in [0.2, 0.25) is 0 Å². The van der Waals surface area contributed by atoms with Crippen LogP contribution in [0.3, 0.4) is 0 Å². The first-order chi connectivity index (χ1) is 9.15. The number of carbonyl (C=O) groups excluding carboxylic acids is 1. The molecule has 0 radical (unpaired) electrons. The normalized spacial score (nSPS) is 27.3. The lowest BCUT2D eigenvalue weighted by molar-refractivity contribution is 0.0673. The van der Waals surface area contributed by atoms with E-state index >= 15 is 0 Å². The van der Waals surface area contributed by atoms with Crippen LogP contribution in [0.1, 0.15) is 67.5 Å². The Morgan fingerprint density at radius 2 is 1.95 bits per heavy atom. The van der Waals surface area contributed by atoms with E-state index in [2.05, 4.69) is 17.1 Å². The monoisotopic (exact) mass is 261 g/mol. The highest BCUT2D eigenvalue weighted by molar-refractivity contribution is 5.92. The summed E-state index contributed by atoms with van der Waals surface area (Å²) in [5.74, 6) is 1.50. The summed E-state index contributed by atoms with van der Waals surface area (Å²) in [6.45, 7) is 2.30. The number of H-pyrrole nitrogens is 1. The predicted molar refractivity (Wildman–Crippen MR) is 74.1 cm³/mol. The molecule has 2 aliphatic carbocycles. The van der Waals surface area contributed by atoms with Gasteiger partial charge in [0.15, 0.2) is 0 Å². The van der Waals surface area contributed by atoms with Crippen LogP contribution in [-0.2, 0) is 0 Å². The van der Waals surface area contributed by atoms with Crippen LogP contribution < -0.4 is 0 Å². The Kier molecular flexibility index (Phi) is 3.33. The SMILES string of the molecule is CC1CCC(N(C)C(=O)c2cc(C3CC3)[nH]n2)CC1. The zero-order valence-electron chi connectivity index (χ0n) is 11.9. The third kappa shape index (κ3) is 2.67. The van der Waals surface area contributed by atoms with Crippen molar-refractivity contribution in [2.24, 2.45) is 5.92 Å². The average Bonchev–Trinajstić information content (AvgIpc) is 3.16. The van der Waals surface area contributed by atoms with Crippen molar-refractivity contribution in [3.05, 3.63) is 17.5 Å². The molecule has 1 N–H and O–H groups in total. The highest BCUT2D eigenvalue weighted by atomic mass is 16.2. The molecular formula is C15H23N3O. The molecule has 3 rings (SSSR count). The van der Waals surface area contributed by atoms with Gasteiger partial charge in [0.1, 0.15) is 5.69 Å². The summed E-state index contributed by atoms with van der Waals surface area (Å²) in [7, 11) is 1.93. The number of nitrogens with zero attached hydrogens (tertiary/aromatic N) is 2. The van der Waals surface area contributed by atoms with Crippen molar-refractivity contribution in [3.63, 3.8) is 0 Å². The number of carbonyl (C=O) groups is 1. The second kappa shape index (κ2) is 4.99. The number of hydrogen-bond acceptors (Lipinski definition) is 2. The van der Waals surface area contributed by atoms with Crippen molar-refractivity contribution in [1.29, 1.82) is 0 Å². The molecule has 19 heavy (non-hydrogen) atoms. The summed E-state index contributed by atoms with van der Waals surface area (Å²) in [6.07, 6.45) is 7.18. The van der Waals surface area contributed by atoms with Crippen molar-refractivity contribution < 1.29 is 4.79 Å². The smallest absolute Gasteiger partial charge is 0.274 e. The highest BCUT2D eigenvalue weighted by Gasteiger charge is 2.29. The van der Waals surface area contributed by atoms with Gasteiger partial charge in [0.05, 0.1) is 0 Å². The van der Waals surface area contributed by atoms with E-state index < -0.39 is 0 Å².